The van der Waals surface area contributed by atoms with Crippen molar-refractivity contribution in [3.05, 3.63) is 65.7 Å². The van der Waals surface area contributed by atoms with E-state index in [1.807, 2.05) is 18.2 Å². The SMILES string of the molecule is CC1(C)CCOc2ccc(-c3ccc4cc(C(=O)N=C=O)ccc4c3)cc21. The van der Waals surface area contributed by atoms with Gasteiger partial charge in [0.2, 0.25) is 6.08 Å². The molecule has 1 heterocycles. The Kier molecular flexibility index (Phi) is 4.14. The van der Waals surface area contributed by atoms with Crippen LogP contribution in [0, 0.1) is 0 Å². The van der Waals surface area contributed by atoms with Crippen LogP contribution in [0.2, 0.25) is 0 Å². The third-order valence-corrected chi connectivity index (χ3v) is 5.26. The van der Waals surface area contributed by atoms with Gasteiger partial charge in [0.05, 0.1) is 6.61 Å². The molecule has 4 rings (SSSR count). The molecule has 0 radical (unpaired) electrons. The molecule has 0 bridgehead atoms. The highest BCUT2D eigenvalue weighted by atomic mass is 16.5. The second-order valence-electron chi connectivity index (χ2n) is 7.48. The Morgan fingerprint density at radius 1 is 1.00 bits per heavy atom. The number of aliphatic imine (C=N–C) groups is 1. The summed E-state index contributed by atoms with van der Waals surface area (Å²) in [6.45, 7) is 5.25. The zero-order valence-electron chi connectivity index (χ0n) is 15.3. The number of fused-ring (bicyclic) bond motifs is 2. The Hall–Kier alpha value is -3.23. The first-order valence-electron chi connectivity index (χ1n) is 8.92. The van der Waals surface area contributed by atoms with E-state index in [4.69, 9.17) is 4.74 Å². The Balaban J connectivity index is 1.76. The molecule has 4 nitrogen and oxygen atoms in total. The topological polar surface area (TPSA) is 55.7 Å². The van der Waals surface area contributed by atoms with Crippen molar-refractivity contribution in [1.82, 2.24) is 0 Å². The minimum Gasteiger partial charge on any atom is -0.493 e. The van der Waals surface area contributed by atoms with Gasteiger partial charge in [0.15, 0.2) is 0 Å². The van der Waals surface area contributed by atoms with Crippen LogP contribution in [0.1, 0.15) is 36.2 Å². The average Bonchev–Trinajstić information content (AvgIpc) is 2.67. The van der Waals surface area contributed by atoms with E-state index in [9.17, 15) is 9.59 Å². The van der Waals surface area contributed by atoms with Gasteiger partial charge >= 0.3 is 0 Å². The summed E-state index contributed by atoms with van der Waals surface area (Å²) in [6.07, 6.45) is 2.29. The second-order valence-corrected chi connectivity index (χ2v) is 7.48. The van der Waals surface area contributed by atoms with E-state index in [0.717, 1.165) is 40.7 Å². The standard InChI is InChI=1S/C23H19NO3/c1-23(2)9-10-27-21-8-7-18(13-20(21)23)16-3-4-17-12-19(22(26)24-14-25)6-5-15(17)11-16/h3-8,11-13H,9-10H2,1-2H3. The molecule has 1 aliphatic rings. The first-order chi connectivity index (χ1) is 13.0. The van der Waals surface area contributed by atoms with Crippen molar-refractivity contribution in [1.29, 1.82) is 0 Å². The van der Waals surface area contributed by atoms with Gasteiger partial charge in [-0.15, -0.1) is 4.99 Å². The van der Waals surface area contributed by atoms with E-state index in [1.165, 1.54) is 11.6 Å². The minimum atomic E-state index is -0.576. The molecule has 0 atom stereocenters. The largest absolute Gasteiger partial charge is 0.493 e. The molecular formula is C23H19NO3. The van der Waals surface area contributed by atoms with Gasteiger partial charge in [0.1, 0.15) is 5.75 Å². The van der Waals surface area contributed by atoms with Crippen LogP contribution < -0.4 is 4.74 Å². The number of hydrogen-bond acceptors (Lipinski definition) is 3. The van der Waals surface area contributed by atoms with Gasteiger partial charge in [-0.3, -0.25) is 4.79 Å². The molecule has 0 fully saturated rings. The van der Waals surface area contributed by atoms with Gasteiger partial charge in [0, 0.05) is 11.1 Å². The van der Waals surface area contributed by atoms with Crippen molar-refractivity contribution in [3.63, 3.8) is 0 Å². The molecular weight excluding hydrogens is 338 g/mol. The maximum absolute atomic E-state index is 11.7. The van der Waals surface area contributed by atoms with Crippen LogP contribution in [0.3, 0.4) is 0 Å². The number of rotatable bonds is 2. The van der Waals surface area contributed by atoms with Crippen LogP contribution in [0.15, 0.2) is 59.6 Å². The van der Waals surface area contributed by atoms with E-state index in [0.29, 0.717) is 5.56 Å². The summed E-state index contributed by atoms with van der Waals surface area (Å²) in [5.74, 6) is 0.391. The predicted octanol–water partition coefficient (Wildman–Crippen LogP) is 5.04. The Bertz CT molecular complexity index is 1110. The van der Waals surface area contributed by atoms with Crippen molar-refractivity contribution in [2.45, 2.75) is 25.7 Å². The van der Waals surface area contributed by atoms with Gasteiger partial charge in [-0.25, -0.2) is 4.79 Å². The van der Waals surface area contributed by atoms with Crippen molar-refractivity contribution < 1.29 is 14.3 Å². The molecule has 1 aliphatic heterocycles. The molecule has 27 heavy (non-hydrogen) atoms. The van der Waals surface area contributed by atoms with Crippen molar-refractivity contribution in [2.24, 2.45) is 4.99 Å². The number of ether oxygens (including phenoxy) is 1. The highest BCUT2D eigenvalue weighted by Crippen LogP contribution is 2.40. The Labute approximate surface area is 157 Å². The van der Waals surface area contributed by atoms with Gasteiger partial charge in [0.25, 0.3) is 5.91 Å². The predicted molar refractivity (Wildman–Crippen MR) is 105 cm³/mol. The first-order valence-corrected chi connectivity index (χ1v) is 8.92. The fourth-order valence-corrected chi connectivity index (χ4v) is 3.58. The smallest absolute Gasteiger partial charge is 0.287 e. The molecule has 0 aromatic heterocycles. The van der Waals surface area contributed by atoms with Crippen molar-refractivity contribution in [3.8, 4) is 16.9 Å². The number of amides is 1. The van der Waals surface area contributed by atoms with Crippen LogP contribution in [0.25, 0.3) is 21.9 Å². The molecule has 0 N–H and O–H groups in total. The summed E-state index contributed by atoms with van der Waals surface area (Å²) in [5.41, 5.74) is 3.95. The maximum Gasteiger partial charge on any atom is 0.287 e. The van der Waals surface area contributed by atoms with Gasteiger partial charge in [-0.05, 0) is 64.1 Å². The second kappa shape index (κ2) is 6.49. The Morgan fingerprint density at radius 3 is 2.52 bits per heavy atom. The summed E-state index contributed by atoms with van der Waals surface area (Å²) >= 11 is 0. The third kappa shape index (κ3) is 3.16. The summed E-state index contributed by atoms with van der Waals surface area (Å²) in [4.78, 5) is 25.2. The van der Waals surface area contributed by atoms with Gasteiger partial charge in [-0.2, -0.15) is 0 Å². The fourth-order valence-electron chi connectivity index (χ4n) is 3.58. The van der Waals surface area contributed by atoms with Crippen LogP contribution in [-0.4, -0.2) is 18.6 Å². The average molecular weight is 357 g/mol. The normalized spacial score (nSPS) is 14.7. The summed E-state index contributed by atoms with van der Waals surface area (Å²) in [5, 5.41) is 1.94. The van der Waals surface area contributed by atoms with Crippen LogP contribution in [0.4, 0.5) is 0 Å². The number of nitrogens with zero attached hydrogens (tertiary/aromatic N) is 1. The summed E-state index contributed by atoms with van der Waals surface area (Å²) < 4.78 is 5.81. The zero-order chi connectivity index (χ0) is 19.0. The van der Waals surface area contributed by atoms with E-state index in [-0.39, 0.29) is 5.41 Å². The quantitative estimate of drug-likeness (QED) is 0.477. The van der Waals surface area contributed by atoms with Crippen LogP contribution in [0.5, 0.6) is 5.75 Å². The maximum atomic E-state index is 11.7. The van der Waals surface area contributed by atoms with E-state index in [2.05, 4.69) is 43.1 Å². The zero-order valence-corrected chi connectivity index (χ0v) is 15.3. The molecule has 0 aliphatic carbocycles. The molecule has 134 valence electrons. The molecule has 3 aromatic rings. The van der Waals surface area contributed by atoms with Crippen LogP contribution in [-0.2, 0) is 10.2 Å². The van der Waals surface area contributed by atoms with Crippen LogP contribution >= 0.6 is 0 Å². The number of carbonyl (C=O) groups is 1. The molecule has 0 unspecified atom stereocenters. The number of carbonyl (C=O) groups excluding carboxylic acids is 2. The van der Waals surface area contributed by atoms with Gasteiger partial charge in [-0.1, -0.05) is 38.1 Å². The highest BCUT2D eigenvalue weighted by molar-refractivity contribution is 6.01. The van der Waals surface area contributed by atoms with E-state index >= 15 is 0 Å². The highest BCUT2D eigenvalue weighted by Gasteiger charge is 2.28. The van der Waals surface area contributed by atoms with Gasteiger partial charge < -0.3 is 4.74 Å². The van der Waals surface area contributed by atoms with E-state index in [1.54, 1.807) is 12.1 Å². The lowest BCUT2D eigenvalue weighted by Crippen LogP contribution is -2.26. The summed E-state index contributed by atoms with van der Waals surface area (Å²) in [6, 6.07) is 17.8. The lowest BCUT2D eigenvalue weighted by molar-refractivity contribution is 0.100. The molecule has 0 saturated carbocycles. The molecule has 4 heteroatoms. The number of isocyanates is 1. The fraction of sp³-hybridized carbons (Fsp3) is 0.217. The third-order valence-electron chi connectivity index (χ3n) is 5.26. The number of hydrogen-bond donors (Lipinski definition) is 0. The summed E-state index contributed by atoms with van der Waals surface area (Å²) in [7, 11) is 0. The Morgan fingerprint density at radius 2 is 1.70 bits per heavy atom. The molecule has 0 spiro atoms. The first kappa shape index (κ1) is 17.2. The molecule has 1 amide bonds. The number of benzene rings is 3. The monoisotopic (exact) mass is 357 g/mol. The molecule has 3 aromatic carbocycles. The lowest BCUT2D eigenvalue weighted by atomic mass is 9.79. The van der Waals surface area contributed by atoms with E-state index < -0.39 is 5.91 Å². The molecule has 0 saturated heterocycles. The van der Waals surface area contributed by atoms with Crippen molar-refractivity contribution in [2.75, 3.05) is 6.61 Å². The minimum absolute atomic E-state index is 0.0921. The van der Waals surface area contributed by atoms with Crippen molar-refractivity contribution >= 4 is 22.8 Å². The lowest BCUT2D eigenvalue weighted by Gasteiger charge is -2.32.